The standard InChI is InChI=1S/C13H18N2O2/c14-13(17)11-4-2-1-3-10(11)7-15-8-12(16)9-5-6-9/h1-4,9,12,15-16H,5-8H2,(H2,14,17). The lowest BCUT2D eigenvalue weighted by molar-refractivity contribution is 0.0999. The van der Waals surface area contributed by atoms with E-state index in [4.69, 9.17) is 5.73 Å². The number of hydrogen-bond donors (Lipinski definition) is 3. The quantitative estimate of drug-likeness (QED) is 0.676. The van der Waals surface area contributed by atoms with Crippen LogP contribution in [-0.2, 0) is 6.54 Å². The highest BCUT2D eigenvalue weighted by Gasteiger charge is 2.29. The molecule has 1 unspecified atom stereocenters. The molecule has 1 atom stereocenters. The summed E-state index contributed by atoms with van der Waals surface area (Å²) in [5.41, 5.74) is 6.71. The van der Waals surface area contributed by atoms with Gasteiger partial charge in [-0.05, 0) is 30.4 Å². The summed E-state index contributed by atoms with van der Waals surface area (Å²) in [6.07, 6.45) is 1.98. The SMILES string of the molecule is NC(=O)c1ccccc1CNCC(O)C1CC1. The van der Waals surface area contributed by atoms with Crippen molar-refractivity contribution < 1.29 is 9.90 Å². The molecule has 1 aliphatic rings. The highest BCUT2D eigenvalue weighted by Crippen LogP contribution is 2.32. The molecule has 1 fully saturated rings. The third kappa shape index (κ3) is 3.28. The fourth-order valence-corrected chi connectivity index (χ4v) is 1.92. The van der Waals surface area contributed by atoms with Crippen LogP contribution in [0.3, 0.4) is 0 Å². The largest absolute Gasteiger partial charge is 0.392 e. The first-order valence-corrected chi connectivity index (χ1v) is 5.95. The molecule has 0 aliphatic heterocycles. The monoisotopic (exact) mass is 234 g/mol. The lowest BCUT2D eigenvalue weighted by atomic mass is 10.1. The number of primary amides is 1. The molecule has 1 saturated carbocycles. The zero-order valence-electron chi connectivity index (χ0n) is 9.73. The number of rotatable bonds is 6. The summed E-state index contributed by atoms with van der Waals surface area (Å²) < 4.78 is 0. The maximum atomic E-state index is 11.2. The van der Waals surface area contributed by atoms with Gasteiger partial charge in [-0.2, -0.15) is 0 Å². The number of carbonyl (C=O) groups is 1. The Balaban J connectivity index is 1.87. The Hall–Kier alpha value is -1.39. The fraction of sp³-hybridized carbons (Fsp3) is 0.462. The summed E-state index contributed by atoms with van der Waals surface area (Å²) in [5.74, 6) is 0.0547. The number of amides is 1. The van der Waals surface area contributed by atoms with E-state index < -0.39 is 5.91 Å². The molecule has 0 bridgehead atoms. The third-order valence-corrected chi connectivity index (χ3v) is 3.12. The van der Waals surface area contributed by atoms with E-state index in [2.05, 4.69) is 5.32 Å². The van der Waals surface area contributed by atoms with Gasteiger partial charge in [-0.25, -0.2) is 0 Å². The Morgan fingerprint density at radius 3 is 2.82 bits per heavy atom. The minimum Gasteiger partial charge on any atom is -0.392 e. The lowest BCUT2D eigenvalue weighted by Gasteiger charge is -2.12. The summed E-state index contributed by atoms with van der Waals surface area (Å²) >= 11 is 0. The maximum Gasteiger partial charge on any atom is 0.249 e. The van der Waals surface area contributed by atoms with Crippen LogP contribution in [0.4, 0.5) is 0 Å². The zero-order chi connectivity index (χ0) is 12.3. The van der Waals surface area contributed by atoms with Gasteiger partial charge in [0.25, 0.3) is 0 Å². The second kappa shape index (κ2) is 5.29. The molecule has 2 rings (SSSR count). The van der Waals surface area contributed by atoms with Crippen molar-refractivity contribution in [3.63, 3.8) is 0 Å². The van der Waals surface area contributed by atoms with Crippen molar-refractivity contribution in [2.45, 2.75) is 25.5 Å². The molecule has 17 heavy (non-hydrogen) atoms. The van der Waals surface area contributed by atoms with Crippen LogP contribution in [0.25, 0.3) is 0 Å². The van der Waals surface area contributed by atoms with Crippen molar-refractivity contribution in [2.24, 2.45) is 11.7 Å². The van der Waals surface area contributed by atoms with Crippen molar-refractivity contribution >= 4 is 5.91 Å². The van der Waals surface area contributed by atoms with Gasteiger partial charge in [0, 0.05) is 18.7 Å². The van der Waals surface area contributed by atoms with E-state index in [9.17, 15) is 9.90 Å². The van der Waals surface area contributed by atoms with E-state index >= 15 is 0 Å². The maximum absolute atomic E-state index is 11.2. The number of carbonyl (C=O) groups excluding carboxylic acids is 1. The van der Waals surface area contributed by atoms with Crippen LogP contribution in [-0.4, -0.2) is 23.7 Å². The van der Waals surface area contributed by atoms with Crippen molar-refractivity contribution in [1.82, 2.24) is 5.32 Å². The normalized spacial score (nSPS) is 16.8. The molecule has 1 aliphatic carbocycles. The predicted molar refractivity (Wildman–Crippen MR) is 65.4 cm³/mol. The summed E-state index contributed by atoms with van der Waals surface area (Å²) in [4.78, 5) is 11.2. The minimum absolute atomic E-state index is 0.268. The molecule has 1 aromatic carbocycles. The van der Waals surface area contributed by atoms with Gasteiger partial charge in [-0.1, -0.05) is 18.2 Å². The van der Waals surface area contributed by atoms with Gasteiger partial charge < -0.3 is 16.2 Å². The Bertz CT molecular complexity index is 402. The van der Waals surface area contributed by atoms with Crippen LogP contribution in [0, 0.1) is 5.92 Å². The summed E-state index contributed by atoms with van der Waals surface area (Å²) in [7, 11) is 0. The van der Waals surface area contributed by atoms with E-state index in [0.29, 0.717) is 24.6 Å². The minimum atomic E-state index is -0.412. The highest BCUT2D eigenvalue weighted by atomic mass is 16.3. The van der Waals surface area contributed by atoms with Crippen LogP contribution in [0.15, 0.2) is 24.3 Å². The van der Waals surface area contributed by atoms with Crippen LogP contribution < -0.4 is 11.1 Å². The van der Waals surface area contributed by atoms with Gasteiger partial charge in [-0.3, -0.25) is 4.79 Å². The molecular weight excluding hydrogens is 216 g/mol. The number of hydrogen-bond acceptors (Lipinski definition) is 3. The molecule has 1 amide bonds. The number of nitrogens with two attached hydrogens (primary N) is 1. The molecule has 0 radical (unpaired) electrons. The highest BCUT2D eigenvalue weighted by molar-refractivity contribution is 5.94. The third-order valence-electron chi connectivity index (χ3n) is 3.12. The van der Waals surface area contributed by atoms with Crippen molar-refractivity contribution in [3.8, 4) is 0 Å². The van der Waals surface area contributed by atoms with Gasteiger partial charge in [0.15, 0.2) is 0 Å². The van der Waals surface area contributed by atoms with E-state index in [1.807, 2.05) is 12.1 Å². The van der Waals surface area contributed by atoms with E-state index in [0.717, 1.165) is 18.4 Å². The zero-order valence-corrected chi connectivity index (χ0v) is 9.73. The van der Waals surface area contributed by atoms with E-state index in [1.54, 1.807) is 12.1 Å². The van der Waals surface area contributed by atoms with Gasteiger partial charge in [0.1, 0.15) is 0 Å². The second-order valence-electron chi connectivity index (χ2n) is 4.56. The molecule has 4 heteroatoms. The Morgan fingerprint density at radius 1 is 1.47 bits per heavy atom. The Morgan fingerprint density at radius 2 is 2.18 bits per heavy atom. The fourth-order valence-electron chi connectivity index (χ4n) is 1.92. The number of benzene rings is 1. The van der Waals surface area contributed by atoms with Crippen LogP contribution in [0.5, 0.6) is 0 Å². The summed E-state index contributed by atoms with van der Waals surface area (Å²) in [6, 6.07) is 7.26. The molecular formula is C13H18N2O2. The van der Waals surface area contributed by atoms with Crippen LogP contribution in [0.2, 0.25) is 0 Å². The van der Waals surface area contributed by atoms with E-state index in [1.165, 1.54) is 0 Å². The van der Waals surface area contributed by atoms with Gasteiger partial charge in [-0.15, -0.1) is 0 Å². The van der Waals surface area contributed by atoms with E-state index in [-0.39, 0.29) is 6.10 Å². The average Bonchev–Trinajstić information content (AvgIpc) is 3.13. The van der Waals surface area contributed by atoms with Crippen molar-refractivity contribution in [1.29, 1.82) is 0 Å². The molecule has 0 aromatic heterocycles. The molecule has 0 heterocycles. The first kappa shape index (κ1) is 12.1. The van der Waals surface area contributed by atoms with Gasteiger partial charge in [0.2, 0.25) is 5.91 Å². The molecule has 0 saturated heterocycles. The lowest BCUT2D eigenvalue weighted by Crippen LogP contribution is -2.28. The number of aliphatic hydroxyl groups is 1. The average molecular weight is 234 g/mol. The Labute approximate surface area is 101 Å². The molecule has 1 aromatic rings. The van der Waals surface area contributed by atoms with Crippen LogP contribution >= 0.6 is 0 Å². The number of nitrogens with one attached hydrogen (secondary N) is 1. The second-order valence-corrected chi connectivity index (χ2v) is 4.56. The Kier molecular flexibility index (Phi) is 3.76. The van der Waals surface area contributed by atoms with Gasteiger partial charge >= 0.3 is 0 Å². The van der Waals surface area contributed by atoms with Crippen molar-refractivity contribution in [2.75, 3.05) is 6.54 Å². The topological polar surface area (TPSA) is 75.4 Å². The predicted octanol–water partition coefficient (Wildman–Crippen LogP) is 0.646. The smallest absolute Gasteiger partial charge is 0.249 e. The molecule has 92 valence electrons. The van der Waals surface area contributed by atoms with Gasteiger partial charge in [0.05, 0.1) is 6.10 Å². The van der Waals surface area contributed by atoms with Crippen LogP contribution in [0.1, 0.15) is 28.8 Å². The molecule has 0 spiro atoms. The summed E-state index contributed by atoms with van der Waals surface area (Å²) in [5, 5.41) is 12.9. The molecule has 4 N–H and O–H groups in total. The summed E-state index contributed by atoms with van der Waals surface area (Å²) in [6.45, 7) is 1.13. The first-order chi connectivity index (χ1) is 8.18. The number of aliphatic hydroxyl groups excluding tert-OH is 1. The molecule has 4 nitrogen and oxygen atoms in total. The van der Waals surface area contributed by atoms with Crippen molar-refractivity contribution in [3.05, 3.63) is 35.4 Å². The first-order valence-electron chi connectivity index (χ1n) is 5.95.